The van der Waals surface area contributed by atoms with Gasteiger partial charge in [0.1, 0.15) is 0 Å². The van der Waals surface area contributed by atoms with Gasteiger partial charge < -0.3 is 11.1 Å². The second kappa shape index (κ2) is 8.21. The number of hydrogen-bond donors (Lipinski definition) is 3. The minimum absolute atomic E-state index is 0. The molecule has 1 unspecified atom stereocenters. The van der Waals surface area contributed by atoms with Crippen LogP contribution in [-0.4, -0.2) is 34.0 Å². The normalized spacial score (nSPS) is 12.3. The van der Waals surface area contributed by atoms with E-state index in [9.17, 15) is 13.2 Å². The molecule has 0 aromatic heterocycles. The maximum Gasteiger partial charge on any atom is 0.251 e. The fourth-order valence-corrected chi connectivity index (χ4v) is 2.15. The number of benzene rings is 1. The van der Waals surface area contributed by atoms with E-state index < -0.39 is 10.0 Å². The van der Waals surface area contributed by atoms with Crippen molar-refractivity contribution in [1.82, 2.24) is 10.0 Å². The highest BCUT2D eigenvalue weighted by molar-refractivity contribution is 7.89. The number of nitrogens with one attached hydrogen (secondary N) is 2. The third kappa shape index (κ3) is 5.46. The van der Waals surface area contributed by atoms with E-state index in [0.29, 0.717) is 18.5 Å². The van der Waals surface area contributed by atoms with Crippen LogP contribution in [0.15, 0.2) is 29.2 Å². The predicted molar refractivity (Wildman–Crippen MR) is 80.5 cm³/mol. The summed E-state index contributed by atoms with van der Waals surface area (Å²) in [6.07, 6.45) is 0.692. The number of carbonyl (C=O) groups is 1. The highest BCUT2D eigenvalue weighted by Crippen LogP contribution is 2.10. The molecule has 0 heterocycles. The lowest BCUT2D eigenvalue weighted by molar-refractivity contribution is 0.0952. The molecule has 20 heavy (non-hydrogen) atoms. The molecule has 1 rings (SSSR count). The molecule has 0 radical (unpaired) electrons. The first-order valence-electron chi connectivity index (χ1n) is 5.94. The summed E-state index contributed by atoms with van der Waals surface area (Å²) in [7, 11) is -2.13. The van der Waals surface area contributed by atoms with Gasteiger partial charge in [0.15, 0.2) is 0 Å². The number of hydrogen-bond acceptors (Lipinski definition) is 4. The van der Waals surface area contributed by atoms with Crippen LogP contribution in [0, 0.1) is 0 Å². The number of amides is 1. The fourth-order valence-electron chi connectivity index (χ4n) is 1.42. The van der Waals surface area contributed by atoms with Gasteiger partial charge in [-0.2, -0.15) is 0 Å². The van der Waals surface area contributed by atoms with Crippen molar-refractivity contribution in [3.8, 4) is 0 Å². The van der Waals surface area contributed by atoms with Crippen molar-refractivity contribution in [2.75, 3.05) is 13.6 Å². The van der Waals surface area contributed by atoms with E-state index in [-0.39, 0.29) is 29.3 Å². The molecule has 0 fully saturated rings. The Bertz CT molecular complexity index is 529. The van der Waals surface area contributed by atoms with Crippen LogP contribution in [-0.2, 0) is 10.0 Å². The molecule has 0 spiro atoms. The number of rotatable bonds is 6. The minimum atomic E-state index is -3.47. The molecule has 8 heteroatoms. The van der Waals surface area contributed by atoms with Gasteiger partial charge in [-0.3, -0.25) is 4.79 Å². The lowest BCUT2D eigenvalue weighted by atomic mass is 10.2. The smallest absolute Gasteiger partial charge is 0.251 e. The van der Waals surface area contributed by atoms with Crippen LogP contribution in [0.4, 0.5) is 0 Å². The zero-order valence-corrected chi connectivity index (χ0v) is 13.1. The molecule has 114 valence electrons. The minimum Gasteiger partial charge on any atom is -0.352 e. The Labute approximate surface area is 125 Å². The zero-order valence-electron chi connectivity index (χ0n) is 11.4. The number of carbonyl (C=O) groups excluding carboxylic acids is 1. The highest BCUT2D eigenvalue weighted by Gasteiger charge is 2.12. The average molecular weight is 322 g/mol. The first-order chi connectivity index (χ1) is 8.86. The SMILES string of the molecule is CNS(=O)(=O)c1ccc(C(=O)NCCC(C)N)cc1.Cl. The van der Waals surface area contributed by atoms with Crippen molar-refractivity contribution in [3.05, 3.63) is 29.8 Å². The van der Waals surface area contributed by atoms with Crippen molar-refractivity contribution < 1.29 is 13.2 Å². The third-order valence-corrected chi connectivity index (χ3v) is 4.01. The maximum absolute atomic E-state index is 11.7. The number of nitrogens with two attached hydrogens (primary N) is 1. The Kier molecular flexibility index (Phi) is 7.74. The van der Waals surface area contributed by atoms with E-state index in [1.165, 1.54) is 31.3 Å². The van der Waals surface area contributed by atoms with Crippen molar-refractivity contribution in [2.45, 2.75) is 24.3 Å². The van der Waals surface area contributed by atoms with Crippen molar-refractivity contribution in [3.63, 3.8) is 0 Å². The van der Waals surface area contributed by atoms with Crippen LogP contribution in [0.2, 0.25) is 0 Å². The van der Waals surface area contributed by atoms with Gasteiger partial charge in [0, 0.05) is 18.2 Å². The first kappa shape index (κ1) is 18.9. The molecule has 6 nitrogen and oxygen atoms in total. The Hall–Kier alpha value is -1.15. The summed E-state index contributed by atoms with van der Waals surface area (Å²) in [5.74, 6) is -0.242. The molecule has 0 aliphatic carbocycles. The molecule has 4 N–H and O–H groups in total. The summed E-state index contributed by atoms with van der Waals surface area (Å²) in [6, 6.07) is 5.78. The first-order valence-corrected chi connectivity index (χ1v) is 7.42. The van der Waals surface area contributed by atoms with Gasteiger partial charge in [0.2, 0.25) is 10.0 Å². The second-order valence-corrected chi connectivity index (χ2v) is 6.14. The maximum atomic E-state index is 11.7. The summed E-state index contributed by atoms with van der Waals surface area (Å²) in [5, 5.41) is 2.72. The Morgan fingerprint density at radius 3 is 2.30 bits per heavy atom. The Morgan fingerprint density at radius 2 is 1.85 bits per heavy atom. The van der Waals surface area contributed by atoms with Gasteiger partial charge in [-0.15, -0.1) is 12.4 Å². The molecule has 0 aliphatic rings. The average Bonchev–Trinajstić information content (AvgIpc) is 2.38. The van der Waals surface area contributed by atoms with Gasteiger partial charge in [0.25, 0.3) is 5.91 Å². The van der Waals surface area contributed by atoms with Crippen molar-refractivity contribution >= 4 is 28.3 Å². The van der Waals surface area contributed by atoms with E-state index in [1.807, 2.05) is 6.92 Å². The Morgan fingerprint density at radius 1 is 1.30 bits per heavy atom. The summed E-state index contributed by atoms with van der Waals surface area (Å²) in [6.45, 7) is 2.36. The predicted octanol–water partition coefficient (Wildman–Crippen LogP) is 0.484. The fraction of sp³-hybridized carbons (Fsp3) is 0.417. The quantitative estimate of drug-likeness (QED) is 0.709. The van der Waals surface area contributed by atoms with Crippen LogP contribution < -0.4 is 15.8 Å². The lowest BCUT2D eigenvalue weighted by Crippen LogP contribution is -2.29. The molecule has 1 aromatic rings. The van der Waals surface area contributed by atoms with Crippen LogP contribution in [0.25, 0.3) is 0 Å². The topological polar surface area (TPSA) is 101 Å². The molecule has 0 saturated carbocycles. The van der Waals surface area contributed by atoms with Gasteiger partial charge in [-0.25, -0.2) is 13.1 Å². The highest BCUT2D eigenvalue weighted by atomic mass is 35.5. The second-order valence-electron chi connectivity index (χ2n) is 4.25. The molecule has 0 bridgehead atoms. The van der Waals surface area contributed by atoms with Crippen LogP contribution in [0.3, 0.4) is 0 Å². The molecular weight excluding hydrogens is 302 g/mol. The van der Waals surface area contributed by atoms with E-state index in [2.05, 4.69) is 10.0 Å². The summed E-state index contributed by atoms with van der Waals surface area (Å²) in [5.41, 5.74) is 5.99. The van der Waals surface area contributed by atoms with Gasteiger partial charge in [-0.1, -0.05) is 0 Å². The van der Waals surface area contributed by atoms with Gasteiger partial charge in [-0.05, 0) is 44.7 Å². The molecule has 0 aliphatic heterocycles. The van der Waals surface area contributed by atoms with Crippen molar-refractivity contribution in [1.29, 1.82) is 0 Å². The van der Waals surface area contributed by atoms with Gasteiger partial charge >= 0.3 is 0 Å². The summed E-state index contributed by atoms with van der Waals surface area (Å²) >= 11 is 0. The number of sulfonamides is 1. The van der Waals surface area contributed by atoms with Crippen LogP contribution in [0.1, 0.15) is 23.7 Å². The van der Waals surface area contributed by atoms with Gasteiger partial charge in [0.05, 0.1) is 4.90 Å². The largest absolute Gasteiger partial charge is 0.352 e. The van der Waals surface area contributed by atoms with E-state index in [1.54, 1.807) is 0 Å². The lowest BCUT2D eigenvalue weighted by Gasteiger charge is -2.08. The van der Waals surface area contributed by atoms with E-state index >= 15 is 0 Å². The van der Waals surface area contributed by atoms with Crippen molar-refractivity contribution in [2.24, 2.45) is 5.73 Å². The molecule has 0 saturated heterocycles. The van der Waals surface area contributed by atoms with E-state index in [4.69, 9.17) is 5.73 Å². The molecule has 1 atom stereocenters. The molecular formula is C12H20ClN3O3S. The third-order valence-electron chi connectivity index (χ3n) is 2.58. The molecule has 1 amide bonds. The summed E-state index contributed by atoms with van der Waals surface area (Å²) in [4.78, 5) is 11.9. The van der Waals surface area contributed by atoms with Crippen LogP contribution >= 0.6 is 12.4 Å². The number of halogens is 1. The Balaban J connectivity index is 0.00000361. The zero-order chi connectivity index (χ0) is 14.5. The standard InChI is InChI=1S/C12H19N3O3S.ClH/c1-9(13)7-8-15-12(16)10-3-5-11(6-4-10)19(17,18)14-2;/h3-6,9,14H,7-8,13H2,1-2H3,(H,15,16);1H. The molecule has 1 aromatic carbocycles. The van der Waals surface area contributed by atoms with Crippen LogP contribution in [0.5, 0.6) is 0 Å². The monoisotopic (exact) mass is 321 g/mol. The summed E-state index contributed by atoms with van der Waals surface area (Å²) < 4.78 is 25.2. The van der Waals surface area contributed by atoms with E-state index in [0.717, 1.165) is 0 Å².